The summed E-state index contributed by atoms with van der Waals surface area (Å²) in [7, 11) is -3.89. The highest BCUT2D eigenvalue weighted by molar-refractivity contribution is 7.92. The lowest BCUT2D eigenvalue weighted by Gasteiger charge is -2.29. The average molecular weight is 471 g/mol. The zero-order valence-corrected chi connectivity index (χ0v) is 19.0. The van der Waals surface area contributed by atoms with Gasteiger partial charge in [0.15, 0.2) is 5.75 Å². The minimum Gasteiger partial charge on any atom is -0.423 e. The van der Waals surface area contributed by atoms with Gasteiger partial charge in [0.25, 0.3) is 10.0 Å². The Bertz CT molecular complexity index is 1330. The smallest absolute Gasteiger partial charge is 0.331 e. The number of benzene rings is 2. The normalized spacial score (nSPS) is 13.3. The van der Waals surface area contributed by atoms with Gasteiger partial charge in [-0.25, -0.2) is 17.9 Å². The Balaban J connectivity index is 1.43. The van der Waals surface area contributed by atoms with Crippen LogP contribution < -0.4 is 19.7 Å². The second kappa shape index (κ2) is 8.58. The van der Waals surface area contributed by atoms with E-state index in [1.165, 1.54) is 24.3 Å². The number of aryl methyl sites for hydroxylation is 2. The van der Waals surface area contributed by atoms with Crippen LogP contribution in [-0.2, 0) is 19.6 Å². The van der Waals surface area contributed by atoms with Gasteiger partial charge >= 0.3 is 5.97 Å². The van der Waals surface area contributed by atoms with Crippen LogP contribution in [0.5, 0.6) is 5.75 Å². The van der Waals surface area contributed by atoms with Crippen LogP contribution in [0.1, 0.15) is 16.8 Å². The molecule has 10 nitrogen and oxygen atoms in total. The highest BCUT2D eigenvalue weighted by Gasteiger charge is 2.26. The number of nitrogens with zero attached hydrogens (tertiary/aromatic N) is 2. The molecule has 0 radical (unpaired) electrons. The number of hydrogen-bond donors (Lipinski definition) is 2. The molecule has 1 aromatic heterocycles. The number of amides is 1. The molecule has 1 aliphatic rings. The number of rotatable bonds is 6. The summed E-state index contributed by atoms with van der Waals surface area (Å²) in [5.41, 5.74) is 3.23. The lowest BCUT2D eigenvalue weighted by atomic mass is 10.1. The number of fused-ring (bicyclic) bond motifs is 1. The number of carbonyl (C=O) groups is 2. The van der Waals surface area contributed by atoms with Gasteiger partial charge in [-0.3, -0.25) is 4.79 Å². The van der Waals surface area contributed by atoms with Crippen LogP contribution in [0.3, 0.4) is 0 Å². The predicted octanol–water partition coefficient (Wildman–Crippen LogP) is 2.76. The highest BCUT2D eigenvalue weighted by Crippen LogP contribution is 2.32. The minimum atomic E-state index is -3.89. The monoisotopic (exact) mass is 470 g/mol. The van der Waals surface area contributed by atoms with Crippen molar-refractivity contribution in [3.05, 3.63) is 59.3 Å². The summed E-state index contributed by atoms with van der Waals surface area (Å²) >= 11 is 0. The molecule has 1 aliphatic heterocycles. The van der Waals surface area contributed by atoms with Gasteiger partial charge in [0.2, 0.25) is 11.8 Å². The van der Waals surface area contributed by atoms with Gasteiger partial charge in [-0.1, -0.05) is 11.2 Å². The van der Waals surface area contributed by atoms with Crippen LogP contribution in [0.4, 0.5) is 17.3 Å². The van der Waals surface area contributed by atoms with Gasteiger partial charge in [-0.05, 0) is 62.7 Å². The molecule has 0 atom stereocenters. The van der Waals surface area contributed by atoms with Gasteiger partial charge in [0.05, 0.1) is 22.8 Å². The molecular weight excluding hydrogens is 448 g/mol. The molecule has 1 amide bonds. The minimum absolute atomic E-state index is 0.00266. The molecular formula is C22H22N4O6S. The Morgan fingerprint density at radius 2 is 1.85 bits per heavy atom. The van der Waals surface area contributed by atoms with Crippen molar-refractivity contribution in [2.24, 2.45) is 0 Å². The summed E-state index contributed by atoms with van der Waals surface area (Å²) in [6, 6.07) is 11.1. The third kappa shape index (κ3) is 4.82. The third-order valence-electron chi connectivity index (χ3n) is 5.17. The summed E-state index contributed by atoms with van der Waals surface area (Å²) in [5.74, 6) is -0.346. The van der Waals surface area contributed by atoms with E-state index in [9.17, 15) is 18.0 Å². The van der Waals surface area contributed by atoms with Crippen molar-refractivity contribution < 1.29 is 27.3 Å². The summed E-state index contributed by atoms with van der Waals surface area (Å²) in [6.45, 7) is 5.19. The lowest BCUT2D eigenvalue weighted by molar-refractivity contribution is -0.133. The van der Waals surface area contributed by atoms with E-state index in [2.05, 4.69) is 15.2 Å². The zero-order chi connectivity index (χ0) is 23.8. The molecule has 11 heteroatoms. The van der Waals surface area contributed by atoms with Crippen molar-refractivity contribution in [3.8, 4) is 5.75 Å². The number of sulfonamides is 1. The van der Waals surface area contributed by atoms with E-state index in [4.69, 9.17) is 9.26 Å². The Hall–Kier alpha value is -3.86. The van der Waals surface area contributed by atoms with Gasteiger partial charge in [0, 0.05) is 11.3 Å². The Labute approximate surface area is 190 Å². The molecule has 0 aliphatic carbocycles. The third-order valence-corrected chi connectivity index (χ3v) is 6.51. The number of nitrogens with one attached hydrogen (secondary N) is 2. The Morgan fingerprint density at radius 1 is 1.12 bits per heavy atom. The molecule has 0 spiro atoms. The quantitative estimate of drug-likeness (QED) is 0.415. The molecule has 0 saturated heterocycles. The zero-order valence-electron chi connectivity index (χ0n) is 18.2. The largest absolute Gasteiger partial charge is 0.423 e. The maximum absolute atomic E-state index is 12.6. The average Bonchev–Trinajstić information content (AvgIpc) is 3.06. The van der Waals surface area contributed by atoms with Crippen molar-refractivity contribution in [1.29, 1.82) is 0 Å². The fourth-order valence-corrected chi connectivity index (χ4v) is 4.33. The van der Waals surface area contributed by atoms with E-state index in [-0.39, 0.29) is 29.8 Å². The van der Waals surface area contributed by atoms with E-state index < -0.39 is 16.0 Å². The summed E-state index contributed by atoms with van der Waals surface area (Å²) in [5, 5.41) is 6.44. The van der Waals surface area contributed by atoms with Crippen molar-refractivity contribution in [3.63, 3.8) is 0 Å². The second-order valence-electron chi connectivity index (χ2n) is 7.70. The Kier molecular flexibility index (Phi) is 5.81. The summed E-state index contributed by atoms with van der Waals surface area (Å²) in [4.78, 5) is 26.1. The van der Waals surface area contributed by atoms with Crippen LogP contribution in [0.15, 0.2) is 51.9 Å². The second-order valence-corrected chi connectivity index (χ2v) is 9.38. The molecule has 0 saturated carbocycles. The summed E-state index contributed by atoms with van der Waals surface area (Å²) < 4.78 is 37.8. The van der Waals surface area contributed by atoms with Gasteiger partial charge in [-0.15, -0.1) is 0 Å². The first-order valence-corrected chi connectivity index (χ1v) is 11.5. The van der Waals surface area contributed by atoms with E-state index in [0.717, 1.165) is 5.56 Å². The SMILES string of the molecule is Cc1ccc2c(c1)N(CC(=O)Nc1ccc(S(=O)(=O)Nc3onc(C)c3C)cc1)CC(=O)O2. The van der Waals surface area contributed by atoms with E-state index in [1.54, 1.807) is 24.8 Å². The van der Waals surface area contributed by atoms with Gasteiger partial charge < -0.3 is 19.5 Å². The molecule has 2 aromatic carbocycles. The maximum atomic E-state index is 12.6. The van der Waals surface area contributed by atoms with E-state index in [0.29, 0.717) is 28.4 Å². The van der Waals surface area contributed by atoms with E-state index >= 15 is 0 Å². The summed E-state index contributed by atoms with van der Waals surface area (Å²) in [6.07, 6.45) is 0. The predicted molar refractivity (Wildman–Crippen MR) is 121 cm³/mol. The van der Waals surface area contributed by atoms with Crippen molar-refractivity contribution in [2.45, 2.75) is 25.7 Å². The fraction of sp³-hybridized carbons (Fsp3) is 0.227. The molecule has 33 heavy (non-hydrogen) atoms. The van der Waals surface area contributed by atoms with E-state index in [1.807, 2.05) is 19.1 Å². The molecule has 3 aromatic rings. The van der Waals surface area contributed by atoms with Gasteiger partial charge in [0.1, 0.15) is 6.54 Å². The number of esters is 1. The molecule has 2 N–H and O–H groups in total. The maximum Gasteiger partial charge on any atom is 0.331 e. The van der Waals surface area contributed by atoms with Crippen molar-refractivity contribution in [1.82, 2.24) is 5.16 Å². The van der Waals surface area contributed by atoms with Crippen LogP contribution in [0.2, 0.25) is 0 Å². The first-order chi connectivity index (χ1) is 15.6. The van der Waals surface area contributed by atoms with Crippen LogP contribution in [0, 0.1) is 20.8 Å². The molecule has 0 bridgehead atoms. The number of aromatic nitrogens is 1. The van der Waals surface area contributed by atoms with Crippen molar-refractivity contribution >= 4 is 39.2 Å². The molecule has 2 heterocycles. The number of ether oxygens (including phenoxy) is 1. The number of carbonyl (C=O) groups excluding carboxylic acids is 2. The van der Waals surface area contributed by atoms with Gasteiger partial charge in [-0.2, -0.15) is 0 Å². The first-order valence-electron chi connectivity index (χ1n) is 10.0. The molecule has 172 valence electrons. The highest BCUT2D eigenvalue weighted by atomic mass is 32.2. The van der Waals surface area contributed by atoms with Crippen LogP contribution in [0.25, 0.3) is 0 Å². The Morgan fingerprint density at radius 3 is 2.52 bits per heavy atom. The molecule has 4 rings (SSSR count). The standard InChI is InChI=1S/C22H22N4O6S/c1-13-4-9-19-18(10-13)26(12-21(28)31-19)11-20(27)23-16-5-7-17(8-6-16)33(29,30)25-22-14(2)15(3)24-32-22/h4-10,25H,11-12H2,1-3H3,(H,23,27). The molecule has 0 fully saturated rings. The van der Waals surface area contributed by atoms with Crippen LogP contribution in [-0.4, -0.2) is 38.5 Å². The topological polar surface area (TPSA) is 131 Å². The molecule has 0 unspecified atom stereocenters. The number of anilines is 3. The van der Waals surface area contributed by atoms with Crippen LogP contribution >= 0.6 is 0 Å². The first kappa shape index (κ1) is 22.3. The van der Waals surface area contributed by atoms with Crippen molar-refractivity contribution in [2.75, 3.05) is 28.0 Å². The number of hydrogen-bond acceptors (Lipinski definition) is 8. The lowest BCUT2D eigenvalue weighted by Crippen LogP contribution is -2.41. The fourth-order valence-electron chi connectivity index (χ4n) is 3.28.